The van der Waals surface area contributed by atoms with Crippen molar-refractivity contribution in [1.82, 2.24) is 9.97 Å². The van der Waals surface area contributed by atoms with Crippen LogP contribution in [0.25, 0.3) is 0 Å². The second-order valence-corrected chi connectivity index (χ2v) is 9.27. The first-order valence-corrected chi connectivity index (χ1v) is 10.7. The van der Waals surface area contributed by atoms with Crippen LogP contribution < -0.4 is 16.0 Å². The number of anilines is 3. The number of rotatable bonds is 5. The average molecular weight is 509 g/mol. The molecule has 15 heteroatoms. The van der Waals surface area contributed by atoms with Gasteiger partial charge in [0, 0.05) is 0 Å². The number of fused-ring (bicyclic) bond motifs is 1. The Morgan fingerprint density at radius 1 is 1.26 bits per heavy atom. The van der Waals surface area contributed by atoms with E-state index in [1.54, 1.807) is 34.6 Å². The fourth-order valence-corrected chi connectivity index (χ4v) is 3.35. The third-order valence-corrected chi connectivity index (χ3v) is 4.93. The summed E-state index contributed by atoms with van der Waals surface area (Å²) in [5.74, 6) is -3.43. The second-order valence-electron chi connectivity index (χ2n) is 9.27. The number of aromatic nitrogens is 2. The van der Waals surface area contributed by atoms with Crippen LogP contribution in [0.2, 0.25) is 0 Å². The third-order valence-electron chi connectivity index (χ3n) is 4.93. The lowest BCUT2D eigenvalue weighted by Crippen LogP contribution is -2.44. The van der Waals surface area contributed by atoms with Crippen LogP contribution in [0.5, 0.6) is 0 Å². The van der Waals surface area contributed by atoms with Crippen LogP contribution in [0.3, 0.4) is 0 Å². The van der Waals surface area contributed by atoms with Crippen molar-refractivity contribution in [1.29, 1.82) is 0 Å². The van der Waals surface area contributed by atoms with Gasteiger partial charge in [0.15, 0.2) is 30.1 Å². The molecule has 3 rings (SSSR count). The summed E-state index contributed by atoms with van der Waals surface area (Å²) in [7, 11) is 0. The number of alkyl halides is 4. The highest BCUT2D eigenvalue weighted by atomic mass is 19.4. The van der Waals surface area contributed by atoms with Crippen molar-refractivity contribution in [3.8, 4) is 0 Å². The van der Waals surface area contributed by atoms with Crippen molar-refractivity contribution in [3.05, 3.63) is 5.82 Å². The Balaban J connectivity index is 1.88. The van der Waals surface area contributed by atoms with Gasteiger partial charge >= 0.3 is 18.3 Å². The molecule has 2 aliphatic heterocycles. The SMILES string of the molecule is CC(C)C(=O)OCC1OC(N2CNc3c(N)nc(C(F)(F)F)nc32)C(F)C1OC(=O)OC(C)(C)C. The Morgan fingerprint density at radius 2 is 1.91 bits per heavy atom. The van der Waals surface area contributed by atoms with E-state index in [-0.39, 0.29) is 18.2 Å². The monoisotopic (exact) mass is 509 g/mol. The summed E-state index contributed by atoms with van der Waals surface area (Å²) in [5, 5.41) is 2.71. The van der Waals surface area contributed by atoms with Crippen LogP contribution >= 0.6 is 0 Å². The highest BCUT2D eigenvalue weighted by Crippen LogP contribution is 2.41. The minimum absolute atomic E-state index is 0.0342. The molecule has 4 atom stereocenters. The number of ether oxygens (including phenoxy) is 4. The van der Waals surface area contributed by atoms with Crippen molar-refractivity contribution in [2.24, 2.45) is 5.92 Å². The standard InChI is InChI=1S/C20H27F4N5O6/c1-8(2)16(30)32-6-9-12(34-18(31)35-19(3,4)5)10(21)15(33-9)29-7-26-11-13(25)27-17(20(22,23)24)28-14(11)29/h8-10,12,15,26H,6-7H2,1-5H3,(H2,25,27,28). The zero-order valence-electron chi connectivity index (χ0n) is 19.7. The molecule has 1 aromatic rings. The molecule has 2 aliphatic rings. The Hall–Kier alpha value is -3.10. The van der Waals surface area contributed by atoms with Gasteiger partial charge < -0.3 is 34.9 Å². The van der Waals surface area contributed by atoms with E-state index < -0.39 is 72.7 Å². The lowest BCUT2D eigenvalue weighted by atomic mass is 10.1. The van der Waals surface area contributed by atoms with Crippen molar-refractivity contribution in [3.63, 3.8) is 0 Å². The highest BCUT2D eigenvalue weighted by Gasteiger charge is 2.53. The predicted octanol–water partition coefficient (Wildman–Crippen LogP) is 2.85. The van der Waals surface area contributed by atoms with Gasteiger partial charge in [-0.05, 0) is 20.8 Å². The number of carbonyl (C=O) groups is 2. The van der Waals surface area contributed by atoms with Crippen molar-refractivity contribution < 1.29 is 46.1 Å². The van der Waals surface area contributed by atoms with E-state index in [4.69, 9.17) is 24.7 Å². The van der Waals surface area contributed by atoms with Crippen molar-refractivity contribution in [2.75, 3.05) is 29.2 Å². The van der Waals surface area contributed by atoms with Gasteiger partial charge in [0.2, 0.25) is 5.82 Å². The molecule has 35 heavy (non-hydrogen) atoms. The summed E-state index contributed by atoms with van der Waals surface area (Å²) in [6, 6.07) is 0. The summed E-state index contributed by atoms with van der Waals surface area (Å²) in [6.07, 6.45) is -12.6. The summed E-state index contributed by atoms with van der Waals surface area (Å²) in [6.45, 7) is 7.20. The van der Waals surface area contributed by atoms with Crippen LogP contribution in [-0.4, -0.2) is 65.6 Å². The lowest BCUT2D eigenvalue weighted by molar-refractivity contribution is -0.153. The maximum Gasteiger partial charge on any atom is 0.509 e. The molecule has 0 aliphatic carbocycles. The van der Waals surface area contributed by atoms with Crippen LogP contribution in [-0.2, 0) is 29.9 Å². The van der Waals surface area contributed by atoms with Gasteiger partial charge in [-0.25, -0.2) is 19.2 Å². The molecule has 11 nitrogen and oxygen atoms in total. The van der Waals surface area contributed by atoms with E-state index in [0.29, 0.717) is 0 Å². The molecule has 1 aromatic heterocycles. The number of nitrogens with two attached hydrogens (primary N) is 1. The Bertz CT molecular complexity index is 971. The number of carbonyl (C=O) groups excluding carboxylic acids is 2. The van der Waals surface area contributed by atoms with E-state index in [2.05, 4.69) is 15.3 Å². The molecule has 0 radical (unpaired) electrons. The van der Waals surface area contributed by atoms with Gasteiger partial charge in [0.25, 0.3) is 0 Å². The van der Waals surface area contributed by atoms with Crippen LogP contribution in [0.1, 0.15) is 40.4 Å². The number of hydrogen-bond acceptors (Lipinski definition) is 11. The maximum atomic E-state index is 15.6. The summed E-state index contributed by atoms with van der Waals surface area (Å²) in [4.78, 5) is 31.9. The second kappa shape index (κ2) is 9.51. The first-order valence-electron chi connectivity index (χ1n) is 10.7. The van der Waals surface area contributed by atoms with Crippen molar-refractivity contribution >= 4 is 29.4 Å². The Morgan fingerprint density at radius 3 is 2.49 bits per heavy atom. The minimum atomic E-state index is -4.90. The summed E-state index contributed by atoms with van der Waals surface area (Å²) >= 11 is 0. The van der Waals surface area contributed by atoms with Gasteiger partial charge in [-0.1, -0.05) is 13.8 Å². The fraction of sp³-hybridized carbons (Fsp3) is 0.700. The normalized spacial score (nSPS) is 24.2. The number of nitrogens with zero attached hydrogens (tertiary/aromatic N) is 3. The van der Waals surface area contributed by atoms with Gasteiger partial charge in [-0.15, -0.1) is 0 Å². The number of halogens is 4. The first kappa shape index (κ1) is 26.5. The topological polar surface area (TPSA) is 138 Å². The highest BCUT2D eigenvalue weighted by molar-refractivity contribution is 5.80. The lowest BCUT2D eigenvalue weighted by Gasteiger charge is -2.26. The Labute approximate surface area is 198 Å². The molecule has 0 spiro atoms. The van der Waals surface area contributed by atoms with Gasteiger partial charge in [-0.3, -0.25) is 4.79 Å². The summed E-state index contributed by atoms with van der Waals surface area (Å²) in [5.41, 5.74) is 4.66. The fourth-order valence-electron chi connectivity index (χ4n) is 3.35. The molecule has 0 aromatic carbocycles. The number of nitrogen functional groups attached to an aromatic ring is 1. The Kier molecular flexibility index (Phi) is 7.20. The third kappa shape index (κ3) is 5.94. The van der Waals surface area contributed by atoms with Crippen LogP contribution in [0.15, 0.2) is 0 Å². The smallest absolute Gasteiger partial charge is 0.463 e. The van der Waals surface area contributed by atoms with Gasteiger partial charge in [0.05, 0.1) is 12.6 Å². The van der Waals surface area contributed by atoms with E-state index in [1.165, 1.54) is 0 Å². The molecular formula is C20H27F4N5O6. The maximum absolute atomic E-state index is 15.6. The largest absolute Gasteiger partial charge is 0.509 e. The van der Waals surface area contributed by atoms with E-state index in [9.17, 15) is 22.8 Å². The predicted molar refractivity (Wildman–Crippen MR) is 113 cm³/mol. The zero-order valence-corrected chi connectivity index (χ0v) is 19.7. The van der Waals surface area contributed by atoms with Crippen molar-refractivity contribution in [2.45, 2.75) is 71.0 Å². The molecule has 1 saturated heterocycles. The van der Waals surface area contributed by atoms with E-state index >= 15 is 4.39 Å². The molecule has 196 valence electrons. The van der Waals surface area contributed by atoms with Gasteiger partial charge in [-0.2, -0.15) is 13.2 Å². The minimum Gasteiger partial charge on any atom is -0.463 e. The zero-order chi connectivity index (χ0) is 26.3. The molecule has 0 amide bonds. The molecule has 3 N–H and O–H groups in total. The molecular weight excluding hydrogens is 482 g/mol. The first-order chi connectivity index (χ1) is 16.1. The average Bonchev–Trinajstić information content (AvgIpc) is 3.26. The molecule has 3 heterocycles. The van der Waals surface area contributed by atoms with E-state index in [0.717, 1.165) is 4.90 Å². The summed E-state index contributed by atoms with van der Waals surface area (Å²) < 4.78 is 76.3. The number of esters is 1. The van der Waals surface area contributed by atoms with Crippen LogP contribution in [0.4, 0.5) is 39.7 Å². The van der Waals surface area contributed by atoms with E-state index in [1.807, 2.05) is 0 Å². The van der Waals surface area contributed by atoms with Crippen LogP contribution in [0, 0.1) is 5.92 Å². The molecule has 4 unspecified atom stereocenters. The van der Waals surface area contributed by atoms with Gasteiger partial charge in [0.1, 0.15) is 24.0 Å². The number of nitrogens with one attached hydrogen (secondary N) is 1. The number of hydrogen-bond donors (Lipinski definition) is 2. The quantitative estimate of drug-likeness (QED) is 0.448. The molecule has 0 bridgehead atoms. The molecule has 0 saturated carbocycles. The molecule has 1 fully saturated rings.